The molecule has 2 aromatic carbocycles. The van der Waals surface area contributed by atoms with Gasteiger partial charge in [0.1, 0.15) is 0 Å². The summed E-state index contributed by atoms with van der Waals surface area (Å²) < 4.78 is 49.1. The number of rotatable bonds is 5. The molecule has 0 aromatic heterocycles. The normalized spacial score (nSPS) is 11.5. The van der Waals surface area contributed by atoms with Gasteiger partial charge in [0, 0.05) is 11.8 Å². The van der Waals surface area contributed by atoms with E-state index in [-0.39, 0.29) is 5.69 Å². The van der Waals surface area contributed by atoms with Gasteiger partial charge in [0.2, 0.25) is 5.91 Å². The van der Waals surface area contributed by atoms with Crippen molar-refractivity contribution >= 4 is 33.6 Å². The van der Waals surface area contributed by atoms with Crippen molar-refractivity contribution in [3.8, 4) is 11.5 Å². The van der Waals surface area contributed by atoms with Crippen LogP contribution in [0, 0.1) is 0 Å². The van der Waals surface area contributed by atoms with E-state index < -0.39 is 17.6 Å². The molecule has 0 aliphatic carbocycles. The molecule has 0 saturated heterocycles. The Labute approximate surface area is 156 Å². The van der Waals surface area contributed by atoms with Gasteiger partial charge in [-0.05, 0) is 57.9 Å². The number of carbonyl (C=O) groups excluding carboxylic acids is 1. The van der Waals surface area contributed by atoms with Crippen molar-refractivity contribution in [2.75, 3.05) is 19.5 Å². The van der Waals surface area contributed by atoms with Crippen LogP contribution in [0.15, 0.2) is 46.9 Å². The fourth-order valence-corrected chi connectivity index (χ4v) is 2.78. The lowest BCUT2D eigenvalue weighted by atomic mass is 10.1. The molecule has 0 saturated carbocycles. The first-order valence-electron chi connectivity index (χ1n) is 7.32. The van der Waals surface area contributed by atoms with Crippen molar-refractivity contribution in [3.05, 3.63) is 58.1 Å². The molecule has 0 fully saturated rings. The zero-order valence-electron chi connectivity index (χ0n) is 13.9. The molecule has 0 radical (unpaired) electrons. The molecule has 0 heterocycles. The quantitative estimate of drug-likeness (QED) is 0.669. The SMILES string of the molecule is COc1cc(C=CC(=O)Nc2cccc(C(F)(F)F)c2)cc(Br)c1OC. The number of ether oxygens (including phenoxy) is 2. The first-order chi connectivity index (χ1) is 12.2. The molecule has 0 spiro atoms. The minimum Gasteiger partial charge on any atom is -0.493 e. The van der Waals surface area contributed by atoms with E-state index in [1.807, 2.05) is 0 Å². The summed E-state index contributed by atoms with van der Waals surface area (Å²) in [5, 5.41) is 2.40. The van der Waals surface area contributed by atoms with Gasteiger partial charge in [-0.15, -0.1) is 0 Å². The molecular formula is C18H15BrF3NO3. The predicted molar refractivity (Wildman–Crippen MR) is 96.4 cm³/mol. The van der Waals surface area contributed by atoms with E-state index in [1.165, 1.54) is 38.5 Å². The number of hydrogen-bond acceptors (Lipinski definition) is 3. The Morgan fingerprint density at radius 1 is 1.15 bits per heavy atom. The van der Waals surface area contributed by atoms with Gasteiger partial charge < -0.3 is 14.8 Å². The lowest BCUT2D eigenvalue weighted by Gasteiger charge is -2.10. The monoisotopic (exact) mass is 429 g/mol. The molecule has 1 N–H and O–H groups in total. The van der Waals surface area contributed by atoms with Gasteiger partial charge in [-0.2, -0.15) is 13.2 Å². The highest BCUT2D eigenvalue weighted by molar-refractivity contribution is 9.10. The van der Waals surface area contributed by atoms with Crippen LogP contribution in [0.5, 0.6) is 11.5 Å². The summed E-state index contributed by atoms with van der Waals surface area (Å²) in [6, 6.07) is 7.81. The second-order valence-electron chi connectivity index (χ2n) is 5.14. The Kier molecular flexibility index (Phi) is 6.31. The maximum absolute atomic E-state index is 12.7. The molecule has 0 unspecified atom stereocenters. The van der Waals surface area contributed by atoms with Crippen LogP contribution in [0.1, 0.15) is 11.1 Å². The van der Waals surface area contributed by atoms with Crippen LogP contribution in [0.4, 0.5) is 18.9 Å². The van der Waals surface area contributed by atoms with E-state index in [2.05, 4.69) is 21.2 Å². The van der Waals surface area contributed by atoms with Gasteiger partial charge in [-0.3, -0.25) is 4.79 Å². The number of amides is 1. The average Bonchev–Trinajstić information content (AvgIpc) is 2.59. The molecule has 2 rings (SSSR count). The first-order valence-corrected chi connectivity index (χ1v) is 8.11. The molecule has 4 nitrogen and oxygen atoms in total. The topological polar surface area (TPSA) is 47.6 Å². The smallest absolute Gasteiger partial charge is 0.416 e. The van der Waals surface area contributed by atoms with Crippen LogP contribution in [0.2, 0.25) is 0 Å². The highest BCUT2D eigenvalue weighted by Gasteiger charge is 2.30. The molecule has 0 bridgehead atoms. The van der Waals surface area contributed by atoms with E-state index in [1.54, 1.807) is 12.1 Å². The molecule has 138 valence electrons. The highest BCUT2D eigenvalue weighted by atomic mass is 79.9. The van der Waals surface area contributed by atoms with Gasteiger partial charge in [-0.1, -0.05) is 6.07 Å². The molecule has 1 amide bonds. The summed E-state index contributed by atoms with van der Waals surface area (Å²) in [5.74, 6) is 0.424. The van der Waals surface area contributed by atoms with Gasteiger partial charge in [-0.25, -0.2) is 0 Å². The van der Waals surface area contributed by atoms with Crippen molar-refractivity contribution < 1.29 is 27.4 Å². The molecular weight excluding hydrogens is 415 g/mol. The highest BCUT2D eigenvalue weighted by Crippen LogP contribution is 2.36. The summed E-state index contributed by atoms with van der Waals surface area (Å²) >= 11 is 3.34. The third-order valence-electron chi connectivity index (χ3n) is 3.34. The summed E-state index contributed by atoms with van der Waals surface area (Å²) in [6.45, 7) is 0. The van der Waals surface area contributed by atoms with Gasteiger partial charge in [0.25, 0.3) is 0 Å². The van der Waals surface area contributed by atoms with E-state index in [0.29, 0.717) is 21.5 Å². The average molecular weight is 430 g/mol. The van der Waals surface area contributed by atoms with Crippen molar-refractivity contribution in [1.82, 2.24) is 0 Å². The lowest BCUT2D eigenvalue weighted by Crippen LogP contribution is -2.10. The van der Waals surface area contributed by atoms with Crippen LogP contribution in [-0.2, 0) is 11.0 Å². The number of anilines is 1. The number of hydrogen-bond donors (Lipinski definition) is 1. The fourth-order valence-electron chi connectivity index (χ4n) is 2.16. The van der Waals surface area contributed by atoms with Gasteiger partial charge >= 0.3 is 6.18 Å². The van der Waals surface area contributed by atoms with Crippen molar-refractivity contribution in [2.45, 2.75) is 6.18 Å². The molecule has 0 aliphatic heterocycles. The zero-order chi connectivity index (χ0) is 19.3. The van der Waals surface area contributed by atoms with Crippen molar-refractivity contribution in [3.63, 3.8) is 0 Å². The fraction of sp³-hybridized carbons (Fsp3) is 0.167. The predicted octanol–water partition coefficient (Wildman–Crippen LogP) is 5.14. The third-order valence-corrected chi connectivity index (χ3v) is 3.93. The zero-order valence-corrected chi connectivity index (χ0v) is 15.4. The first kappa shape index (κ1) is 19.8. The Morgan fingerprint density at radius 3 is 2.50 bits per heavy atom. The second-order valence-corrected chi connectivity index (χ2v) is 5.99. The Balaban J connectivity index is 2.14. The lowest BCUT2D eigenvalue weighted by molar-refractivity contribution is -0.137. The number of carbonyl (C=O) groups is 1. The molecule has 0 aliphatic rings. The van der Waals surface area contributed by atoms with Gasteiger partial charge in [0.05, 0.1) is 24.3 Å². The Morgan fingerprint density at radius 2 is 1.88 bits per heavy atom. The minimum atomic E-state index is -4.47. The van der Waals surface area contributed by atoms with Crippen LogP contribution in [0.3, 0.4) is 0 Å². The van der Waals surface area contributed by atoms with Crippen LogP contribution in [0.25, 0.3) is 6.08 Å². The molecule has 26 heavy (non-hydrogen) atoms. The van der Waals surface area contributed by atoms with E-state index in [9.17, 15) is 18.0 Å². The standard InChI is InChI=1S/C18H15BrF3NO3/c1-25-15-9-11(8-14(19)17(15)26-2)6-7-16(24)23-13-5-3-4-12(10-13)18(20,21)22/h3-10H,1-2H3,(H,23,24). The summed E-state index contributed by atoms with van der Waals surface area (Å²) in [4.78, 5) is 12.0. The molecule has 2 aromatic rings. The van der Waals surface area contributed by atoms with Crippen LogP contribution < -0.4 is 14.8 Å². The summed E-state index contributed by atoms with van der Waals surface area (Å²) in [5.41, 5.74) is -0.125. The molecule has 8 heteroatoms. The second kappa shape index (κ2) is 8.27. The number of benzene rings is 2. The number of methoxy groups -OCH3 is 2. The van der Waals surface area contributed by atoms with Crippen molar-refractivity contribution in [1.29, 1.82) is 0 Å². The van der Waals surface area contributed by atoms with E-state index in [4.69, 9.17) is 9.47 Å². The maximum Gasteiger partial charge on any atom is 0.416 e. The summed E-state index contributed by atoms with van der Waals surface area (Å²) in [7, 11) is 2.98. The number of halogens is 4. The number of nitrogens with one attached hydrogen (secondary N) is 1. The molecule has 0 atom stereocenters. The van der Waals surface area contributed by atoms with Crippen LogP contribution >= 0.6 is 15.9 Å². The van der Waals surface area contributed by atoms with E-state index >= 15 is 0 Å². The maximum atomic E-state index is 12.7. The summed E-state index contributed by atoms with van der Waals surface area (Å²) in [6.07, 6.45) is -1.74. The Bertz CT molecular complexity index is 835. The van der Waals surface area contributed by atoms with Gasteiger partial charge in [0.15, 0.2) is 11.5 Å². The van der Waals surface area contributed by atoms with E-state index in [0.717, 1.165) is 12.1 Å². The minimum absolute atomic E-state index is 0.0583. The Hall–Kier alpha value is -2.48. The third kappa shape index (κ3) is 5.01. The largest absolute Gasteiger partial charge is 0.493 e. The van der Waals surface area contributed by atoms with Crippen LogP contribution in [-0.4, -0.2) is 20.1 Å². The number of alkyl halides is 3. The van der Waals surface area contributed by atoms with Crippen molar-refractivity contribution in [2.24, 2.45) is 0 Å².